The molecule has 4 nitrogen and oxygen atoms in total. The van der Waals surface area contributed by atoms with Crippen LogP contribution in [0.5, 0.6) is 0 Å². The number of nitrogens with one attached hydrogen (secondary N) is 2. The minimum Gasteiger partial charge on any atom is -0.348 e. The minimum absolute atomic E-state index is 0.0507. The molecule has 6 heteroatoms. The van der Waals surface area contributed by atoms with Crippen LogP contribution in [-0.2, 0) is 11.2 Å². The van der Waals surface area contributed by atoms with Gasteiger partial charge in [0.1, 0.15) is 10.8 Å². The summed E-state index contributed by atoms with van der Waals surface area (Å²) in [5.74, 6) is -0.182. The molecular formula is C17H20FN3OS. The number of fused-ring (bicyclic) bond motifs is 1. The molecule has 23 heavy (non-hydrogen) atoms. The maximum absolute atomic E-state index is 13.1. The van der Waals surface area contributed by atoms with Crippen LogP contribution in [0.3, 0.4) is 0 Å². The number of rotatable bonds is 5. The molecule has 2 N–H and O–H groups in total. The van der Waals surface area contributed by atoms with Crippen LogP contribution in [0.25, 0.3) is 10.6 Å². The van der Waals surface area contributed by atoms with Crippen molar-refractivity contribution in [1.29, 1.82) is 0 Å². The van der Waals surface area contributed by atoms with Gasteiger partial charge >= 0.3 is 0 Å². The van der Waals surface area contributed by atoms with E-state index in [2.05, 4.69) is 10.6 Å². The molecule has 1 amide bonds. The summed E-state index contributed by atoms with van der Waals surface area (Å²) in [6, 6.07) is 6.45. The molecule has 1 atom stereocenters. The first-order chi connectivity index (χ1) is 11.2. The van der Waals surface area contributed by atoms with E-state index >= 15 is 0 Å². The molecule has 0 radical (unpaired) electrons. The van der Waals surface area contributed by atoms with Gasteiger partial charge in [0.15, 0.2) is 0 Å². The van der Waals surface area contributed by atoms with Gasteiger partial charge < -0.3 is 10.6 Å². The van der Waals surface area contributed by atoms with E-state index in [9.17, 15) is 9.18 Å². The molecule has 1 aromatic heterocycles. The van der Waals surface area contributed by atoms with Crippen molar-refractivity contribution in [2.75, 3.05) is 13.6 Å². The maximum atomic E-state index is 13.1. The zero-order valence-electron chi connectivity index (χ0n) is 13.1. The van der Waals surface area contributed by atoms with Crippen LogP contribution in [0.2, 0.25) is 0 Å². The van der Waals surface area contributed by atoms with E-state index < -0.39 is 0 Å². The second kappa shape index (κ2) is 7.19. The van der Waals surface area contributed by atoms with Crippen molar-refractivity contribution in [2.24, 2.45) is 0 Å². The van der Waals surface area contributed by atoms with Crippen molar-refractivity contribution in [2.45, 2.75) is 31.7 Å². The van der Waals surface area contributed by atoms with Crippen LogP contribution in [0.1, 0.15) is 35.9 Å². The van der Waals surface area contributed by atoms with E-state index in [0.29, 0.717) is 13.0 Å². The molecule has 1 heterocycles. The first-order valence-corrected chi connectivity index (χ1v) is 8.68. The highest BCUT2D eigenvalue weighted by molar-refractivity contribution is 7.15. The molecule has 3 rings (SSSR count). The quantitative estimate of drug-likeness (QED) is 0.884. The van der Waals surface area contributed by atoms with Gasteiger partial charge in [-0.15, -0.1) is 11.3 Å². The van der Waals surface area contributed by atoms with Gasteiger partial charge in [-0.05, 0) is 50.6 Å². The highest BCUT2D eigenvalue weighted by atomic mass is 32.1. The van der Waals surface area contributed by atoms with E-state index in [1.165, 1.54) is 12.1 Å². The van der Waals surface area contributed by atoms with Crippen LogP contribution >= 0.6 is 11.3 Å². The standard InChI is InChI=1S/C17H20FN3OS/c1-19-10-9-15(22)20-13-3-2-4-14-16(13)23-17(21-14)11-5-7-12(18)8-6-11/h5-8,13,19H,2-4,9-10H2,1H3,(H,20,22). The van der Waals surface area contributed by atoms with Crippen molar-refractivity contribution in [3.8, 4) is 10.6 Å². The first-order valence-electron chi connectivity index (χ1n) is 7.87. The second-order valence-corrected chi connectivity index (χ2v) is 6.73. The second-order valence-electron chi connectivity index (χ2n) is 5.70. The third kappa shape index (κ3) is 3.76. The number of amides is 1. The summed E-state index contributed by atoms with van der Waals surface area (Å²) in [5.41, 5.74) is 1.99. The number of hydrogen-bond donors (Lipinski definition) is 2. The van der Waals surface area contributed by atoms with Crippen molar-refractivity contribution in [3.05, 3.63) is 40.7 Å². The third-order valence-corrected chi connectivity index (χ3v) is 5.24. The summed E-state index contributed by atoms with van der Waals surface area (Å²) in [5, 5.41) is 6.99. The Balaban J connectivity index is 1.79. The Labute approximate surface area is 139 Å². The molecule has 1 aliphatic carbocycles. The zero-order chi connectivity index (χ0) is 16.2. The van der Waals surface area contributed by atoms with Crippen molar-refractivity contribution in [3.63, 3.8) is 0 Å². The summed E-state index contributed by atoms with van der Waals surface area (Å²) in [4.78, 5) is 17.8. The van der Waals surface area contributed by atoms with Crippen LogP contribution in [0, 0.1) is 5.82 Å². The Kier molecular flexibility index (Phi) is 5.03. The van der Waals surface area contributed by atoms with E-state index in [4.69, 9.17) is 4.98 Å². The first kappa shape index (κ1) is 16.1. The monoisotopic (exact) mass is 333 g/mol. The molecule has 1 unspecified atom stereocenters. The molecule has 1 aromatic carbocycles. The number of benzene rings is 1. The number of carbonyl (C=O) groups excluding carboxylic acids is 1. The van der Waals surface area contributed by atoms with Crippen LogP contribution in [0.15, 0.2) is 24.3 Å². The molecular weight excluding hydrogens is 313 g/mol. The Morgan fingerprint density at radius 2 is 2.17 bits per heavy atom. The number of hydrogen-bond acceptors (Lipinski definition) is 4. The summed E-state index contributed by atoms with van der Waals surface area (Å²) in [7, 11) is 1.84. The van der Waals surface area contributed by atoms with E-state index in [1.54, 1.807) is 23.5 Å². The van der Waals surface area contributed by atoms with Crippen LogP contribution in [-0.4, -0.2) is 24.5 Å². The Morgan fingerprint density at radius 3 is 2.91 bits per heavy atom. The topological polar surface area (TPSA) is 54.0 Å². The summed E-state index contributed by atoms with van der Waals surface area (Å²) < 4.78 is 13.1. The van der Waals surface area contributed by atoms with E-state index in [1.807, 2.05) is 7.05 Å². The van der Waals surface area contributed by atoms with E-state index in [-0.39, 0.29) is 17.8 Å². The van der Waals surface area contributed by atoms with Crippen LogP contribution in [0.4, 0.5) is 4.39 Å². The maximum Gasteiger partial charge on any atom is 0.221 e. The fourth-order valence-corrected chi connectivity index (χ4v) is 3.98. The van der Waals surface area contributed by atoms with Gasteiger partial charge in [0, 0.05) is 18.5 Å². The molecule has 0 bridgehead atoms. The van der Waals surface area contributed by atoms with Crippen molar-refractivity contribution in [1.82, 2.24) is 15.6 Å². The highest BCUT2D eigenvalue weighted by Gasteiger charge is 2.26. The van der Waals surface area contributed by atoms with Gasteiger partial charge in [0.2, 0.25) is 5.91 Å². The SMILES string of the molecule is CNCCC(=O)NC1CCCc2nc(-c3ccc(F)cc3)sc21. The average molecular weight is 333 g/mol. The summed E-state index contributed by atoms with van der Waals surface area (Å²) in [6.07, 6.45) is 3.39. The largest absolute Gasteiger partial charge is 0.348 e. The Hall–Kier alpha value is -1.79. The lowest BCUT2D eigenvalue weighted by Crippen LogP contribution is -2.31. The smallest absolute Gasteiger partial charge is 0.221 e. The van der Waals surface area contributed by atoms with E-state index in [0.717, 1.165) is 40.4 Å². The molecule has 0 spiro atoms. The Morgan fingerprint density at radius 1 is 1.39 bits per heavy atom. The summed E-state index contributed by atoms with van der Waals surface area (Å²) >= 11 is 1.60. The number of thiazole rings is 1. The van der Waals surface area contributed by atoms with Gasteiger partial charge in [0.25, 0.3) is 0 Å². The number of aryl methyl sites for hydroxylation is 1. The number of halogens is 1. The molecule has 122 valence electrons. The lowest BCUT2D eigenvalue weighted by atomic mass is 9.98. The number of nitrogens with zero attached hydrogens (tertiary/aromatic N) is 1. The van der Waals surface area contributed by atoms with Gasteiger partial charge in [0.05, 0.1) is 16.6 Å². The number of aromatic nitrogens is 1. The molecule has 0 fully saturated rings. The lowest BCUT2D eigenvalue weighted by Gasteiger charge is -2.22. The average Bonchev–Trinajstić information content (AvgIpc) is 2.99. The molecule has 0 saturated heterocycles. The predicted octanol–water partition coefficient (Wildman–Crippen LogP) is 3.05. The number of carbonyl (C=O) groups is 1. The Bertz CT molecular complexity index is 684. The van der Waals surface area contributed by atoms with Crippen molar-refractivity contribution < 1.29 is 9.18 Å². The van der Waals surface area contributed by atoms with Gasteiger partial charge in [-0.2, -0.15) is 0 Å². The molecule has 2 aromatic rings. The van der Waals surface area contributed by atoms with Crippen LogP contribution < -0.4 is 10.6 Å². The fraction of sp³-hybridized carbons (Fsp3) is 0.412. The predicted molar refractivity (Wildman–Crippen MR) is 89.9 cm³/mol. The highest BCUT2D eigenvalue weighted by Crippen LogP contribution is 2.37. The van der Waals surface area contributed by atoms with Gasteiger partial charge in [-0.1, -0.05) is 0 Å². The van der Waals surface area contributed by atoms with Crippen molar-refractivity contribution >= 4 is 17.2 Å². The molecule has 1 aliphatic rings. The zero-order valence-corrected chi connectivity index (χ0v) is 13.9. The third-order valence-electron chi connectivity index (χ3n) is 3.98. The lowest BCUT2D eigenvalue weighted by molar-refractivity contribution is -0.121. The van der Waals surface area contributed by atoms with Gasteiger partial charge in [-0.25, -0.2) is 9.37 Å². The van der Waals surface area contributed by atoms with Gasteiger partial charge in [-0.3, -0.25) is 4.79 Å². The summed E-state index contributed by atoms with van der Waals surface area (Å²) in [6.45, 7) is 0.676. The molecule has 0 aliphatic heterocycles. The molecule has 0 saturated carbocycles. The normalized spacial score (nSPS) is 16.9. The minimum atomic E-state index is -0.246. The fourth-order valence-electron chi connectivity index (χ4n) is 2.78.